The number of hydrogen-bond donors (Lipinski definition) is 0. The van der Waals surface area contributed by atoms with Gasteiger partial charge in [-0.25, -0.2) is 0 Å². The maximum absolute atomic E-state index is 2.51. The van der Waals surface area contributed by atoms with Crippen molar-refractivity contribution in [2.75, 3.05) is 9.80 Å². The first-order valence-electron chi connectivity index (χ1n) is 44.9. The Labute approximate surface area is 713 Å². The molecule has 0 heterocycles. The molecule has 16 aromatic rings. The second-order valence-electron chi connectivity index (χ2n) is 37.5. The number of hydrogen-bond acceptors (Lipinski definition) is 2. The molecule has 0 unspecified atom stereocenters. The molecule has 11 aliphatic rings. The van der Waals surface area contributed by atoms with Crippen molar-refractivity contribution >= 4 is 34.1 Å². The summed E-state index contributed by atoms with van der Waals surface area (Å²) in [5, 5.41) is 0. The topological polar surface area (TPSA) is 6.48 Å². The van der Waals surface area contributed by atoms with Gasteiger partial charge >= 0.3 is 0 Å². The Bertz CT molecular complexity index is 6580. The van der Waals surface area contributed by atoms with E-state index in [0.717, 1.165) is 75.8 Å². The molecule has 0 saturated heterocycles. The summed E-state index contributed by atoms with van der Waals surface area (Å²) in [4.78, 5) is 4.79. The molecule has 0 radical (unpaired) electrons. The molecule has 0 aromatic heterocycles. The molecule has 16 aromatic carbocycles. The zero-order valence-electron chi connectivity index (χ0n) is 69.0. The standard InChI is InChI=1S/C61H51N.C58H47N/c1-60(2)55-16-8-6-13-52(55)53-32-31-50(38-58(53)60)62(48-27-23-43(24-28-48)41-11-4-3-5-12-41)49-29-25-44(26-30-49)42-19-21-45(22-20-42)51-15-10-18-57-59(51)54-14-7-9-17-56(54)61(57)46-34-39-33-40(36-46)37-47(61)35-39;1-3-11-41(12-4-1)44-25-29-50(30-26-44)59(52-16-9-15-47(38-52)42-13-5-2-6-14-42)51-31-27-45(28-32-51)43-21-23-46(24-22-43)53-18-10-20-56-57(53)54-17-7-8-19-55(54)58(56)48-34-39-33-40(36-48)37-49(58)35-39/h3-32,38-40,46-47H,33-37H2,1-2H3;1-32,38-40,48-49H,33-37H2. The summed E-state index contributed by atoms with van der Waals surface area (Å²) in [5.74, 6) is 6.90. The minimum Gasteiger partial charge on any atom is -0.310 e. The van der Waals surface area contributed by atoms with Crippen LogP contribution in [0, 0.1) is 47.3 Å². The number of benzene rings is 16. The van der Waals surface area contributed by atoms with Gasteiger partial charge in [-0.1, -0.05) is 329 Å². The van der Waals surface area contributed by atoms with Crippen molar-refractivity contribution in [3.63, 3.8) is 0 Å². The molecule has 8 saturated carbocycles. The fourth-order valence-corrected chi connectivity index (χ4v) is 26.2. The van der Waals surface area contributed by atoms with Gasteiger partial charge in [0.05, 0.1) is 0 Å². The second kappa shape index (κ2) is 28.7. The Balaban J connectivity index is 0.000000137. The van der Waals surface area contributed by atoms with Gasteiger partial charge in [0, 0.05) is 50.4 Å². The second-order valence-corrected chi connectivity index (χ2v) is 37.5. The maximum atomic E-state index is 2.51. The summed E-state index contributed by atoms with van der Waals surface area (Å²) in [5.41, 5.74) is 42.7. The number of fused-ring (bicyclic) bond motifs is 9. The molecule has 2 heteroatoms. The predicted molar refractivity (Wildman–Crippen MR) is 504 cm³/mol. The molecule has 0 N–H and O–H groups in total. The Morgan fingerprint density at radius 1 is 0.182 bits per heavy atom. The molecule has 8 fully saturated rings. The SMILES string of the molecule is CC1(C)c2ccccc2-c2ccc(N(c3ccc(-c4ccccc4)cc3)c3ccc(-c4ccc(-c5cccc6c5-c5ccccc5C65C6CC7CC(C6)CC5C7)cc4)cc3)cc21.c1ccc(-c2ccc(N(c3ccc(-c4ccc(-c5cccc6c5-c5ccccc5C65C6CC7CC(C6)CC5C7)cc4)cc3)c3cccc(-c4ccccc4)c3)cc2)cc1. The molecule has 27 rings (SSSR count). The van der Waals surface area contributed by atoms with Crippen molar-refractivity contribution in [2.24, 2.45) is 47.3 Å². The van der Waals surface area contributed by atoms with E-state index in [1.54, 1.807) is 22.3 Å². The molecule has 2 nitrogen and oxygen atoms in total. The summed E-state index contributed by atoms with van der Waals surface area (Å²) in [6.07, 6.45) is 14.3. The zero-order valence-corrected chi connectivity index (χ0v) is 69.0. The minimum absolute atomic E-state index is 0.0828. The summed E-state index contributed by atoms with van der Waals surface area (Å²) in [6.45, 7) is 4.73. The first-order chi connectivity index (χ1) is 59.6. The van der Waals surface area contributed by atoms with E-state index in [1.165, 1.54) is 192 Å². The van der Waals surface area contributed by atoms with Crippen LogP contribution in [0.3, 0.4) is 0 Å². The molecular weight excluding hydrogens is 1460 g/mol. The van der Waals surface area contributed by atoms with Crippen LogP contribution in [0.15, 0.2) is 388 Å². The molecule has 2 spiro atoms. The maximum Gasteiger partial charge on any atom is 0.0467 e. The van der Waals surface area contributed by atoms with Crippen molar-refractivity contribution in [3.8, 4) is 111 Å². The first kappa shape index (κ1) is 72.2. The van der Waals surface area contributed by atoms with E-state index < -0.39 is 0 Å². The van der Waals surface area contributed by atoms with Crippen LogP contribution >= 0.6 is 0 Å². The van der Waals surface area contributed by atoms with Crippen molar-refractivity contribution in [2.45, 2.75) is 94.3 Å². The molecule has 11 aliphatic carbocycles. The third kappa shape index (κ3) is 11.6. The molecule has 121 heavy (non-hydrogen) atoms. The summed E-state index contributed by atoms with van der Waals surface area (Å²) in [6, 6.07) is 145. The predicted octanol–water partition coefficient (Wildman–Crippen LogP) is 31.7. The number of rotatable bonds is 13. The van der Waals surface area contributed by atoms with E-state index in [1.807, 2.05) is 0 Å². The van der Waals surface area contributed by atoms with Crippen molar-refractivity contribution in [1.29, 1.82) is 0 Å². The van der Waals surface area contributed by atoms with E-state index in [-0.39, 0.29) is 16.2 Å². The average Bonchev–Trinajstić information content (AvgIpc) is 1.54. The lowest BCUT2D eigenvalue weighted by Gasteiger charge is -2.61. The Hall–Kier alpha value is -12.9. The van der Waals surface area contributed by atoms with Crippen LogP contribution in [0.4, 0.5) is 34.1 Å². The number of anilines is 6. The van der Waals surface area contributed by atoms with Crippen LogP contribution in [0.2, 0.25) is 0 Å². The Morgan fingerprint density at radius 2 is 0.446 bits per heavy atom. The molecule has 0 atom stereocenters. The molecule has 584 valence electrons. The van der Waals surface area contributed by atoms with Gasteiger partial charge in [0.2, 0.25) is 0 Å². The highest BCUT2D eigenvalue weighted by Crippen LogP contribution is 2.72. The highest BCUT2D eigenvalue weighted by atomic mass is 15.1. The fourth-order valence-electron chi connectivity index (χ4n) is 26.2. The highest BCUT2D eigenvalue weighted by molar-refractivity contribution is 5.96. The number of nitrogens with zero attached hydrogens (tertiary/aromatic N) is 2. The van der Waals surface area contributed by atoms with Crippen LogP contribution in [0.5, 0.6) is 0 Å². The minimum atomic E-state index is -0.0828. The van der Waals surface area contributed by atoms with E-state index in [4.69, 9.17) is 0 Å². The Kier molecular flexibility index (Phi) is 17.1. The highest BCUT2D eigenvalue weighted by Gasteiger charge is 2.63. The third-order valence-corrected chi connectivity index (χ3v) is 31.0. The van der Waals surface area contributed by atoms with Crippen molar-refractivity contribution < 1.29 is 0 Å². The van der Waals surface area contributed by atoms with Gasteiger partial charge in [0.25, 0.3) is 0 Å². The van der Waals surface area contributed by atoms with Gasteiger partial charge < -0.3 is 9.80 Å². The Morgan fingerprint density at radius 3 is 0.835 bits per heavy atom. The van der Waals surface area contributed by atoms with E-state index in [0.29, 0.717) is 0 Å². The fraction of sp³-hybridized carbons (Fsp3) is 0.193. The first-order valence-corrected chi connectivity index (χ1v) is 44.9. The smallest absolute Gasteiger partial charge is 0.0467 e. The van der Waals surface area contributed by atoms with Gasteiger partial charge in [0.1, 0.15) is 0 Å². The monoisotopic (exact) mass is 1550 g/mol. The van der Waals surface area contributed by atoms with Crippen LogP contribution in [-0.4, -0.2) is 0 Å². The van der Waals surface area contributed by atoms with Gasteiger partial charge in [-0.15, -0.1) is 0 Å². The van der Waals surface area contributed by atoms with E-state index >= 15 is 0 Å². The molecule has 8 bridgehead atoms. The van der Waals surface area contributed by atoms with Gasteiger partial charge in [-0.2, -0.15) is 0 Å². The van der Waals surface area contributed by atoms with Gasteiger partial charge in [-0.3, -0.25) is 0 Å². The lowest BCUT2D eigenvalue weighted by Crippen LogP contribution is -2.55. The van der Waals surface area contributed by atoms with Crippen LogP contribution < -0.4 is 9.80 Å². The van der Waals surface area contributed by atoms with Crippen LogP contribution in [0.1, 0.15) is 111 Å². The van der Waals surface area contributed by atoms with Crippen molar-refractivity contribution in [1.82, 2.24) is 0 Å². The summed E-state index contributed by atoms with van der Waals surface area (Å²) < 4.78 is 0. The normalized spacial score (nSPS) is 22.4. The molecular formula is C119H98N2. The molecule has 0 aliphatic heterocycles. The average molecular weight is 1560 g/mol. The third-order valence-electron chi connectivity index (χ3n) is 31.0. The van der Waals surface area contributed by atoms with Gasteiger partial charge in [-0.05, 0) is 329 Å². The summed E-state index contributed by atoms with van der Waals surface area (Å²) >= 11 is 0. The lowest BCUT2D eigenvalue weighted by molar-refractivity contribution is -0.0399. The largest absolute Gasteiger partial charge is 0.310 e. The lowest BCUT2D eigenvalue weighted by atomic mass is 9.43. The zero-order chi connectivity index (χ0) is 80.1. The van der Waals surface area contributed by atoms with Crippen LogP contribution in [-0.2, 0) is 16.2 Å². The van der Waals surface area contributed by atoms with E-state index in [9.17, 15) is 0 Å². The summed E-state index contributed by atoms with van der Waals surface area (Å²) in [7, 11) is 0. The van der Waals surface area contributed by atoms with Crippen molar-refractivity contribution in [3.05, 3.63) is 422 Å². The van der Waals surface area contributed by atoms with Crippen LogP contribution in [0.25, 0.3) is 111 Å². The van der Waals surface area contributed by atoms with Gasteiger partial charge in [0.15, 0.2) is 0 Å². The van der Waals surface area contributed by atoms with E-state index in [2.05, 4.69) is 412 Å². The molecule has 0 amide bonds. The quantitative estimate of drug-likeness (QED) is 0.114.